The van der Waals surface area contributed by atoms with Crippen molar-refractivity contribution in [2.75, 3.05) is 31.4 Å². The predicted molar refractivity (Wildman–Crippen MR) is 219 cm³/mol. The maximum absolute atomic E-state index is 13.0. The van der Waals surface area contributed by atoms with E-state index in [-0.39, 0.29) is 58.4 Å². The van der Waals surface area contributed by atoms with E-state index in [1.807, 2.05) is 0 Å². The molecule has 0 bridgehead atoms. The number of anilines is 1. The Labute approximate surface area is 368 Å². The van der Waals surface area contributed by atoms with Crippen LogP contribution in [0.3, 0.4) is 0 Å². The van der Waals surface area contributed by atoms with Crippen LogP contribution in [0.25, 0.3) is 0 Å². The Balaban J connectivity index is 0.000000370. The van der Waals surface area contributed by atoms with E-state index in [1.54, 1.807) is 0 Å². The summed E-state index contributed by atoms with van der Waals surface area (Å²) in [5.74, 6) is -6.37. The molecule has 0 aliphatic heterocycles. The third-order valence-electron chi connectivity index (χ3n) is 7.50. The van der Waals surface area contributed by atoms with Crippen molar-refractivity contribution in [3.05, 3.63) is 122 Å². The fourth-order valence-corrected chi connectivity index (χ4v) is 5.51. The number of carboxylic acid groups (broad SMARTS) is 2. The number of alkyl halides is 3. The van der Waals surface area contributed by atoms with E-state index in [4.69, 9.17) is 41.9 Å². The van der Waals surface area contributed by atoms with Crippen LogP contribution >= 0.6 is 19.0 Å². The molecule has 7 N–H and O–H groups in total. The molecule has 0 radical (unpaired) electrons. The molecule has 2 atom stereocenters. The Hall–Kier alpha value is -7.08. The molecule has 1 heterocycles. The van der Waals surface area contributed by atoms with Crippen LogP contribution in [0, 0.1) is 21.7 Å². The minimum absolute atomic E-state index is 0.0412. The summed E-state index contributed by atoms with van der Waals surface area (Å²) in [6.07, 6.45) is -3.22. The summed E-state index contributed by atoms with van der Waals surface area (Å²) in [7, 11) is -3.10. The van der Waals surface area contributed by atoms with Crippen LogP contribution in [0.2, 0.25) is 5.02 Å². The standard InChI is InChI=1S/C18H13ClF3NO7.C15H12F2N4O3.C5H12NO4P/c1-2-28-16(24)9-29-17(25)12-8-11(4-5-14(12)23(26)27)30-15-6-3-10(7-13(15)19)18(20,21)22;1-8(13-12(14(22)23)3-2-4-18-13)20-21-15(24)19-11-6-9(16)5-10(17)7-11;1-11(9,10)3-2-4(6)5(7)8/h3-8H,2,9H2,1H3;2-7H,1H3,(H,22,23)(H2,19,21,24);4H,2-3,6H2,1H3,(H,7,8)(H,9,10)/b;20-8+;. The number of hydrogen-bond donors (Lipinski definition) is 6. The number of aliphatic carboxylic acids is 1. The molecule has 4 rings (SSSR count). The molecule has 20 nitrogen and oxygen atoms in total. The number of nitrogens with zero attached hydrogens (tertiary/aromatic N) is 3. The number of carbonyl (C=O) groups is 5. The van der Waals surface area contributed by atoms with Crippen LogP contribution in [-0.2, 0) is 29.8 Å². The van der Waals surface area contributed by atoms with E-state index in [1.165, 1.54) is 38.8 Å². The van der Waals surface area contributed by atoms with Crippen LogP contribution in [0.4, 0.5) is 38.1 Å². The first-order valence-corrected chi connectivity index (χ1v) is 20.6. The zero-order valence-corrected chi connectivity index (χ0v) is 35.5. The highest BCUT2D eigenvalue weighted by molar-refractivity contribution is 7.57. The van der Waals surface area contributed by atoms with Gasteiger partial charge in [-0.05, 0) is 68.8 Å². The number of urea groups is 1. The van der Waals surface area contributed by atoms with Crippen molar-refractivity contribution in [2.45, 2.75) is 32.5 Å². The molecular formula is C38H37ClF5N6O14P. The number of aromatic nitrogens is 1. The smallest absolute Gasteiger partial charge is 0.416 e. The number of benzene rings is 3. The van der Waals surface area contributed by atoms with Crippen molar-refractivity contribution in [2.24, 2.45) is 10.8 Å². The fraction of sp³-hybridized carbons (Fsp3) is 0.237. The van der Waals surface area contributed by atoms with Crippen LogP contribution in [0.5, 0.6) is 11.5 Å². The largest absolute Gasteiger partial charge is 0.480 e. The molecule has 0 aliphatic rings. The predicted octanol–water partition coefficient (Wildman–Crippen LogP) is 7.07. The Bertz CT molecular complexity index is 2450. The quantitative estimate of drug-likeness (QED) is 0.0173. The Morgan fingerprint density at radius 3 is 2.18 bits per heavy atom. The number of aromatic carboxylic acids is 1. The lowest BCUT2D eigenvalue weighted by Gasteiger charge is -2.12. The number of halogens is 6. The molecule has 4 aromatic rings. The van der Waals surface area contributed by atoms with E-state index in [2.05, 4.69) is 25.6 Å². The van der Waals surface area contributed by atoms with Crippen molar-refractivity contribution < 1.29 is 84.7 Å². The molecule has 3 aromatic carbocycles. The number of hydrazone groups is 1. The second kappa shape index (κ2) is 24.7. The number of nitro groups is 1. The number of amides is 2. The molecule has 2 amide bonds. The van der Waals surface area contributed by atoms with Crippen LogP contribution in [0.1, 0.15) is 52.2 Å². The normalized spacial score (nSPS) is 12.3. The summed E-state index contributed by atoms with van der Waals surface area (Å²) >= 11 is 5.81. The SMILES string of the molecule is C/C(=N\NC(=O)Nc1cc(F)cc(F)c1)c1ncccc1C(=O)O.CCOC(=O)COC(=O)c1cc(Oc2ccc(C(F)(F)F)cc2Cl)ccc1[N+](=O)[O-].CP(=O)(O)CCC(N)C(=O)O. The molecule has 0 fully saturated rings. The maximum Gasteiger partial charge on any atom is 0.416 e. The highest BCUT2D eigenvalue weighted by Crippen LogP contribution is 2.38. The molecule has 0 saturated carbocycles. The van der Waals surface area contributed by atoms with Gasteiger partial charge in [0.15, 0.2) is 14.0 Å². The minimum Gasteiger partial charge on any atom is -0.480 e. The zero-order valence-electron chi connectivity index (χ0n) is 33.8. The van der Waals surface area contributed by atoms with Gasteiger partial charge in [0.1, 0.15) is 40.4 Å². The van der Waals surface area contributed by atoms with E-state index in [0.29, 0.717) is 12.1 Å². The summed E-state index contributed by atoms with van der Waals surface area (Å²) in [6.45, 7) is 3.46. The molecule has 2 unspecified atom stereocenters. The van der Waals surface area contributed by atoms with Gasteiger partial charge in [-0.1, -0.05) is 11.6 Å². The first kappa shape index (κ1) is 54.1. The van der Waals surface area contributed by atoms with Gasteiger partial charge in [0.2, 0.25) is 0 Å². The Morgan fingerprint density at radius 2 is 1.65 bits per heavy atom. The van der Waals surface area contributed by atoms with Gasteiger partial charge in [0.25, 0.3) is 5.69 Å². The molecule has 1 aromatic heterocycles. The number of hydrogen-bond acceptors (Lipinski definition) is 14. The highest BCUT2D eigenvalue weighted by atomic mass is 35.5. The van der Waals surface area contributed by atoms with Gasteiger partial charge in [-0.15, -0.1) is 0 Å². The molecule has 0 aliphatic carbocycles. The second-order valence-corrected chi connectivity index (χ2v) is 15.7. The zero-order chi connectivity index (χ0) is 49.2. The molecular weight excluding hydrogens is 926 g/mol. The van der Waals surface area contributed by atoms with Gasteiger partial charge >= 0.3 is 36.1 Å². The number of nitrogens with one attached hydrogen (secondary N) is 2. The second-order valence-electron chi connectivity index (χ2n) is 12.7. The number of pyridine rings is 1. The van der Waals surface area contributed by atoms with Gasteiger partial charge in [-0.25, -0.2) is 33.4 Å². The van der Waals surface area contributed by atoms with Crippen molar-refractivity contribution in [3.8, 4) is 11.5 Å². The van der Waals surface area contributed by atoms with E-state index < -0.39 is 89.5 Å². The number of nitrogens with two attached hydrogens (primary N) is 1. The van der Waals surface area contributed by atoms with Crippen molar-refractivity contribution in [1.29, 1.82) is 0 Å². The van der Waals surface area contributed by atoms with E-state index >= 15 is 0 Å². The lowest BCUT2D eigenvalue weighted by Crippen LogP contribution is -2.30. The lowest BCUT2D eigenvalue weighted by molar-refractivity contribution is -0.385. The number of carboxylic acids is 2. The van der Waals surface area contributed by atoms with E-state index in [0.717, 1.165) is 42.5 Å². The summed E-state index contributed by atoms with van der Waals surface area (Å²) in [4.78, 5) is 79.3. The molecule has 65 heavy (non-hydrogen) atoms. The number of rotatable bonds is 15. The Kier molecular flexibility index (Phi) is 20.5. The minimum atomic E-state index is -4.61. The molecule has 0 spiro atoms. The molecule has 350 valence electrons. The topological polar surface area (TPSA) is 309 Å². The van der Waals surface area contributed by atoms with Crippen LogP contribution < -0.4 is 21.2 Å². The number of ether oxygens (including phenoxy) is 3. The maximum atomic E-state index is 13.0. The summed E-state index contributed by atoms with van der Waals surface area (Å²) in [5.41, 5.74) is 5.09. The number of esters is 2. The average Bonchev–Trinajstić information content (AvgIpc) is 3.21. The van der Waals surface area contributed by atoms with Crippen LogP contribution in [-0.4, -0.2) is 92.7 Å². The van der Waals surface area contributed by atoms with Gasteiger partial charge < -0.3 is 40.4 Å². The molecule has 27 heteroatoms. The summed E-state index contributed by atoms with van der Waals surface area (Å²) < 4.78 is 89.5. The van der Waals surface area contributed by atoms with Gasteiger partial charge in [0, 0.05) is 42.9 Å². The third-order valence-corrected chi connectivity index (χ3v) is 8.88. The third kappa shape index (κ3) is 19.1. The summed E-state index contributed by atoms with van der Waals surface area (Å²) in [6, 6.07) is 8.80. The number of nitro benzene ring substituents is 1. The van der Waals surface area contributed by atoms with Gasteiger partial charge in [-0.3, -0.25) is 24.5 Å². The lowest BCUT2D eigenvalue weighted by atomic mass is 10.1. The first-order valence-electron chi connectivity index (χ1n) is 17.9. The van der Waals surface area contributed by atoms with Crippen LogP contribution in [0.15, 0.2) is 78.0 Å². The van der Waals surface area contributed by atoms with Crippen molar-refractivity contribution in [1.82, 2.24) is 10.4 Å². The Morgan fingerprint density at radius 1 is 1.00 bits per heavy atom. The van der Waals surface area contributed by atoms with Gasteiger partial charge in [0.05, 0.1) is 33.4 Å². The van der Waals surface area contributed by atoms with Crippen molar-refractivity contribution in [3.63, 3.8) is 0 Å². The molecule has 0 saturated heterocycles. The summed E-state index contributed by atoms with van der Waals surface area (Å²) in [5, 5.41) is 34.1. The first-order chi connectivity index (χ1) is 30.2. The number of carbonyl (C=O) groups excluding carboxylic acids is 3. The van der Waals surface area contributed by atoms with Gasteiger partial charge in [-0.2, -0.15) is 18.3 Å². The average molecular weight is 963 g/mol. The van der Waals surface area contributed by atoms with E-state index in [9.17, 15) is 60.6 Å². The monoisotopic (exact) mass is 962 g/mol. The fourth-order valence-electron chi connectivity index (χ4n) is 4.53. The van der Waals surface area contributed by atoms with Crippen molar-refractivity contribution >= 4 is 66.0 Å². The highest BCUT2D eigenvalue weighted by Gasteiger charge is 2.31.